The number of hydrogen-bond acceptors (Lipinski definition) is 0. The van der Waals surface area contributed by atoms with Crippen LogP contribution < -0.4 is 0 Å². The van der Waals surface area contributed by atoms with E-state index in [4.69, 9.17) is 103 Å². The molecule has 3 atom stereocenters. The van der Waals surface area contributed by atoms with Crippen LogP contribution in [0.25, 0.3) is 0 Å². The SMILES string of the molecule is ClC1=C(Cl)C2(Cl)C([Si](Cl)(Cl)Cl)CC1(Cl)C2(Cl)Cl. The van der Waals surface area contributed by atoms with Crippen molar-refractivity contribution in [2.75, 3.05) is 0 Å². The molecule has 0 aliphatic heterocycles. The van der Waals surface area contributed by atoms with Crippen molar-refractivity contribution < 1.29 is 0 Å². The van der Waals surface area contributed by atoms with Crippen molar-refractivity contribution in [3.05, 3.63) is 10.1 Å². The zero-order valence-electron chi connectivity index (χ0n) is 7.69. The van der Waals surface area contributed by atoms with Gasteiger partial charge in [-0.05, 0) is 6.42 Å². The number of rotatable bonds is 1. The molecular weight excluding hydrogens is 431 g/mol. The fourth-order valence-electron chi connectivity index (χ4n) is 2.25. The highest BCUT2D eigenvalue weighted by Crippen LogP contribution is 2.78. The Morgan fingerprint density at radius 1 is 0.941 bits per heavy atom. The quantitative estimate of drug-likeness (QED) is 0.260. The molecule has 3 unspecified atom stereocenters. The second kappa shape index (κ2) is 4.29. The second-order valence-corrected chi connectivity index (χ2v) is 16.2. The minimum Gasteiger partial charge on any atom is -0.126 e. The van der Waals surface area contributed by atoms with E-state index in [-0.39, 0.29) is 16.5 Å². The van der Waals surface area contributed by atoms with Crippen LogP contribution in [0.15, 0.2) is 10.1 Å². The van der Waals surface area contributed by atoms with Gasteiger partial charge in [0.05, 0.1) is 10.1 Å². The molecule has 2 aliphatic carbocycles. The predicted octanol–water partition coefficient (Wildman–Crippen LogP) is 6.25. The third-order valence-electron chi connectivity index (χ3n) is 3.18. The summed E-state index contributed by atoms with van der Waals surface area (Å²) in [5.41, 5.74) is -0.607. The molecular formula is C7H3Cl9Si. The zero-order valence-corrected chi connectivity index (χ0v) is 15.5. The molecule has 0 spiro atoms. The molecule has 0 aromatic heterocycles. The lowest BCUT2D eigenvalue weighted by Gasteiger charge is -2.35. The average Bonchev–Trinajstić information content (AvgIpc) is 2.38. The van der Waals surface area contributed by atoms with E-state index in [1.807, 2.05) is 0 Å². The van der Waals surface area contributed by atoms with Crippen LogP contribution in [0.1, 0.15) is 6.42 Å². The van der Waals surface area contributed by atoms with Gasteiger partial charge in [-0.15, -0.1) is 56.4 Å². The molecule has 98 valence electrons. The Balaban J connectivity index is 2.67. The van der Waals surface area contributed by atoms with Crippen LogP contribution in [0.5, 0.6) is 0 Å². The molecule has 2 bridgehead atoms. The van der Waals surface area contributed by atoms with Crippen LogP contribution >= 0.6 is 103 Å². The van der Waals surface area contributed by atoms with Crippen LogP contribution in [-0.2, 0) is 0 Å². The van der Waals surface area contributed by atoms with Gasteiger partial charge >= 0.3 is 6.00 Å². The van der Waals surface area contributed by atoms with E-state index in [0.29, 0.717) is 0 Å². The summed E-state index contributed by atoms with van der Waals surface area (Å²) >= 11 is 55.4. The molecule has 0 saturated heterocycles. The summed E-state index contributed by atoms with van der Waals surface area (Å²) in [7, 11) is 0. The standard InChI is InChI=1S/C7H3Cl9Si/c8-3-4(9)6(11)2(17(14,15)16)1-5(3,10)7(6,12)13/h2H,1H2. The average molecular weight is 434 g/mol. The maximum atomic E-state index is 6.43. The first-order valence-electron chi connectivity index (χ1n) is 4.29. The van der Waals surface area contributed by atoms with Gasteiger partial charge in [0.15, 0.2) is 4.33 Å². The molecule has 0 amide bonds. The summed E-state index contributed by atoms with van der Waals surface area (Å²) < 4.78 is -1.61. The van der Waals surface area contributed by atoms with Crippen molar-refractivity contribution in [3.63, 3.8) is 0 Å². The van der Waals surface area contributed by atoms with Crippen molar-refractivity contribution in [2.45, 2.75) is 26.0 Å². The molecule has 17 heavy (non-hydrogen) atoms. The monoisotopic (exact) mass is 430 g/mol. The Morgan fingerprint density at radius 3 is 1.71 bits per heavy atom. The van der Waals surface area contributed by atoms with E-state index in [0.717, 1.165) is 0 Å². The van der Waals surface area contributed by atoms with E-state index in [1.54, 1.807) is 0 Å². The Morgan fingerprint density at radius 2 is 1.41 bits per heavy atom. The molecule has 0 radical (unpaired) electrons. The molecule has 0 heterocycles. The van der Waals surface area contributed by atoms with E-state index >= 15 is 0 Å². The molecule has 10 heteroatoms. The lowest BCUT2D eigenvalue weighted by molar-refractivity contribution is 0.681. The Hall–Kier alpha value is 2.57. The first-order chi connectivity index (χ1) is 7.40. The smallest absolute Gasteiger partial charge is 0.126 e. The van der Waals surface area contributed by atoms with Crippen LogP contribution in [-0.4, -0.2) is 20.1 Å². The molecule has 2 aliphatic rings. The topological polar surface area (TPSA) is 0 Å². The van der Waals surface area contributed by atoms with Gasteiger partial charge in [-0.3, -0.25) is 0 Å². The molecule has 1 fully saturated rings. The summed E-state index contributed by atoms with van der Waals surface area (Å²) in [5.74, 6) is 0. The van der Waals surface area contributed by atoms with E-state index in [1.165, 1.54) is 0 Å². The highest BCUT2D eigenvalue weighted by Gasteiger charge is 2.81. The minimum absolute atomic E-state index is 0.0657. The third-order valence-corrected chi connectivity index (χ3v) is 11.4. The Labute approximate surface area is 143 Å². The molecule has 2 rings (SSSR count). The van der Waals surface area contributed by atoms with Gasteiger partial charge in [0.25, 0.3) is 0 Å². The van der Waals surface area contributed by atoms with Gasteiger partial charge in [-0.1, -0.05) is 46.4 Å². The van der Waals surface area contributed by atoms with E-state index in [2.05, 4.69) is 0 Å². The largest absolute Gasteiger partial charge is 0.346 e. The van der Waals surface area contributed by atoms with Gasteiger partial charge in [0.1, 0.15) is 9.75 Å². The van der Waals surface area contributed by atoms with Crippen LogP contribution in [0.3, 0.4) is 0 Å². The fraction of sp³-hybridized carbons (Fsp3) is 0.714. The third kappa shape index (κ3) is 1.78. The molecule has 0 N–H and O–H groups in total. The lowest BCUT2D eigenvalue weighted by Crippen LogP contribution is -2.45. The minimum atomic E-state index is -3.20. The van der Waals surface area contributed by atoms with Gasteiger partial charge in [0, 0.05) is 5.54 Å². The highest BCUT2D eigenvalue weighted by atomic mass is 35.8. The van der Waals surface area contributed by atoms with Gasteiger partial charge in [-0.2, -0.15) is 0 Å². The zero-order chi connectivity index (χ0) is 13.4. The molecule has 1 saturated carbocycles. The van der Waals surface area contributed by atoms with Gasteiger partial charge in [0.2, 0.25) is 0 Å². The summed E-state index contributed by atoms with van der Waals surface area (Å²) in [4.78, 5) is -2.76. The summed E-state index contributed by atoms with van der Waals surface area (Å²) in [5, 5.41) is 0.191. The van der Waals surface area contributed by atoms with Crippen LogP contribution in [0.4, 0.5) is 0 Å². The number of allylic oxidation sites excluding steroid dienone is 2. The second-order valence-electron chi connectivity index (χ2n) is 4.01. The number of alkyl halides is 4. The maximum absolute atomic E-state index is 6.43. The van der Waals surface area contributed by atoms with Crippen LogP contribution in [0, 0.1) is 0 Å². The van der Waals surface area contributed by atoms with Crippen LogP contribution in [0.2, 0.25) is 5.54 Å². The van der Waals surface area contributed by atoms with Crippen molar-refractivity contribution >= 4 is 109 Å². The van der Waals surface area contributed by atoms with E-state index in [9.17, 15) is 0 Å². The summed E-state index contributed by atoms with van der Waals surface area (Å²) in [6, 6.07) is -3.20. The maximum Gasteiger partial charge on any atom is 0.346 e. The summed E-state index contributed by atoms with van der Waals surface area (Å²) in [6.07, 6.45) is 0.183. The normalized spacial score (nSPS) is 44.6. The number of fused-ring (bicyclic) bond motifs is 2. The first-order valence-corrected chi connectivity index (χ1v) is 11.7. The van der Waals surface area contributed by atoms with Crippen molar-refractivity contribution in [1.29, 1.82) is 0 Å². The Kier molecular flexibility index (Phi) is 4.02. The van der Waals surface area contributed by atoms with E-state index < -0.39 is 25.6 Å². The van der Waals surface area contributed by atoms with Gasteiger partial charge < -0.3 is 0 Å². The molecule has 0 aromatic carbocycles. The van der Waals surface area contributed by atoms with Gasteiger partial charge in [-0.25, -0.2) is 0 Å². The number of halogens is 9. The predicted molar refractivity (Wildman–Crippen MR) is 82.0 cm³/mol. The van der Waals surface area contributed by atoms with Crippen molar-refractivity contribution in [3.8, 4) is 0 Å². The first kappa shape index (κ1) is 15.9. The fourth-order valence-corrected chi connectivity index (χ4v) is 9.83. The molecule has 0 aromatic rings. The van der Waals surface area contributed by atoms with Crippen molar-refractivity contribution in [1.82, 2.24) is 0 Å². The highest BCUT2D eigenvalue weighted by molar-refractivity contribution is 7.65. The summed E-state index contributed by atoms with van der Waals surface area (Å²) in [6.45, 7) is 0. The van der Waals surface area contributed by atoms with Crippen molar-refractivity contribution in [2.24, 2.45) is 0 Å². The number of hydrogen-bond donors (Lipinski definition) is 0. The lowest BCUT2D eigenvalue weighted by atomic mass is 10.1. The molecule has 0 nitrogen and oxygen atoms in total. The Bertz CT molecular complexity index is 412.